The van der Waals surface area contributed by atoms with Gasteiger partial charge in [0.15, 0.2) is 0 Å². The number of aromatic nitrogens is 3. The first-order valence-electron chi connectivity index (χ1n) is 4.45. The van der Waals surface area contributed by atoms with Crippen molar-refractivity contribution in [2.75, 3.05) is 5.73 Å². The van der Waals surface area contributed by atoms with E-state index in [1.165, 1.54) is 0 Å². The van der Waals surface area contributed by atoms with Crippen molar-refractivity contribution < 1.29 is 0 Å². The molecule has 0 saturated carbocycles. The molecule has 0 spiro atoms. The molecule has 1 aromatic carbocycles. The largest absolute Gasteiger partial charge is 0.399 e. The number of hydrogen-bond acceptors (Lipinski definition) is 3. The van der Waals surface area contributed by atoms with Gasteiger partial charge in [-0.2, -0.15) is 0 Å². The zero-order valence-electron chi connectivity index (χ0n) is 8.01. The molecule has 0 radical (unpaired) electrons. The van der Waals surface area contributed by atoms with Crippen molar-refractivity contribution in [3.8, 4) is 0 Å². The second-order valence-electron chi connectivity index (χ2n) is 3.29. The van der Waals surface area contributed by atoms with E-state index in [0.717, 1.165) is 16.8 Å². The van der Waals surface area contributed by atoms with Crippen LogP contribution in [0.2, 0.25) is 0 Å². The normalized spacial score (nSPS) is 10.4. The summed E-state index contributed by atoms with van der Waals surface area (Å²) in [5.41, 5.74) is 8.87. The summed E-state index contributed by atoms with van der Waals surface area (Å²) in [5.74, 6) is 0. The Morgan fingerprint density at radius 3 is 2.93 bits per heavy atom. The van der Waals surface area contributed by atoms with Gasteiger partial charge in [-0.25, -0.2) is 4.68 Å². The number of nitrogens with zero attached hydrogens (tertiary/aromatic N) is 3. The zero-order chi connectivity index (χ0) is 9.97. The second-order valence-corrected chi connectivity index (χ2v) is 3.29. The molecule has 2 aromatic rings. The van der Waals surface area contributed by atoms with Crippen LogP contribution < -0.4 is 5.73 Å². The molecule has 4 nitrogen and oxygen atoms in total. The third-order valence-corrected chi connectivity index (χ3v) is 2.16. The standard InChI is InChI=1S/C10H12N4/c1-8-2-3-9(6-10(8)11)7-14-5-4-12-13-14/h2-6H,7,11H2,1H3. The minimum absolute atomic E-state index is 0.713. The summed E-state index contributed by atoms with van der Waals surface area (Å²) in [6.45, 7) is 2.71. The molecule has 1 aromatic heterocycles. The maximum absolute atomic E-state index is 5.80. The lowest BCUT2D eigenvalue weighted by molar-refractivity contribution is 0.650. The summed E-state index contributed by atoms with van der Waals surface area (Å²) < 4.78 is 1.77. The summed E-state index contributed by atoms with van der Waals surface area (Å²) in [6, 6.07) is 6.03. The smallest absolute Gasteiger partial charge is 0.0693 e. The average molecular weight is 188 g/mol. The molecule has 14 heavy (non-hydrogen) atoms. The van der Waals surface area contributed by atoms with E-state index in [-0.39, 0.29) is 0 Å². The highest BCUT2D eigenvalue weighted by Gasteiger charge is 1.98. The van der Waals surface area contributed by atoms with Gasteiger partial charge in [-0.05, 0) is 24.1 Å². The highest BCUT2D eigenvalue weighted by Crippen LogP contribution is 2.13. The second kappa shape index (κ2) is 3.49. The summed E-state index contributed by atoms with van der Waals surface area (Å²) in [4.78, 5) is 0. The number of aryl methyl sites for hydroxylation is 1. The van der Waals surface area contributed by atoms with Gasteiger partial charge < -0.3 is 5.73 Å². The van der Waals surface area contributed by atoms with E-state index in [1.807, 2.05) is 31.3 Å². The third kappa shape index (κ3) is 1.74. The first kappa shape index (κ1) is 8.74. The Morgan fingerprint density at radius 1 is 1.43 bits per heavy atom. The lowest BCUT2D eigenvalue weighted by Crippen LogP contribution is -2.01. The molecule has 0 aliphatic rings. The van der Waals surface area contributed by atoms with Gasteiger partial charge in [0.2, 0.25) is 0 Å². The molecule has 0 fully saturated rings. The molecule has 0 amide bonds. The molecule has 0 atom stereocenters. The maximum atomic E-state index is 5.80. The van der Waals surface area contributed by atoms with Crippen LogP contribution in [0.15, 0.2) is 30.6 Å². The molecule has 0 bridgehead atoms. The van der Waals surface area contributed by atoms with E-state index < -0.39 is 0 Å². The predicted molar refractivity (Wildman–Crippen MR) is 54.7 cm³/mol. The number of anilines is 1. The Balaban J connectivity index is 2.22. The van der Waals surface area contributed by atoms with Crippen molar-refractivity contribution >= 4 is 5.69 Å². The molecule has 0 saturated heterocycles. The van der Waals surface area contributed by atoms with Crippen LogP contribution in [0.4, 0.5) is 5.69 Å². The third-order valence-electron chi connectivity index (χ3n) is 2.16. The van der Waals surface area contributed by atoms with Gasteiger partial charge in [0.1, 0.15) is 0 Å². The number of nitrogen functional groups attached to an aromatic ring is 1. The van der Waals surface area contributed by atoms with Gasteiger partial charge in [-0.15, -0.1) is 5.10 Å². The van der Waals surface area contributed by atoms with Gasteiger partial charge in [0, 0.05) is 11.9 Å². The topological polar surface area (TPSA) is 56.7 Å². The van der Waals surface area contributed by atoms with Crippen molar-refractivity contribution in [1.82, 2.24) is 15.0 Å². The molecular weight excluding hydrogens is 176 g/mol. The van der Waals surface area contributed by atoms with Gasteiger partial charge >= 0.3 is 0 Å². The SMILES string of the molecule is Cc1ccc(Cn2ccnn2)cc1N. The maximum Gasteiger partial charge on any atom is 0.0693 e. The molecule has 72 valence electrons. The number of hydrogen-bond donors (Lipinski definition) is 1. The van der Waals surface area contributed by atoms with Crippen molar-refractivity contribution in [3.63, 3.8) is 0 Å². The van der Waals surface area contributed by atoms with Crippen molar-refractivity contribution in [2.45, 2.75) is 13.5 Å². The fraction of sp³-hybridized carbons (Fsp3) is 0.200. The molecule has 0 aliphatic carbocycles. The number of rotatable bonds is 2. The molecular formula is C10H12N4. The van der Waals surface area contributed by atoms with E-state index in [9.17, 15) is 0 Å². The minimum Gasteiger partial charge on any atom is -0.399 e. The quantitative estimate of drug-likeness (QED) is 0.721. The van der Waals surface area contributed by atoms with Crippen LogP contribution in [0.5, 0.6) is 0 Å². The van der Waals surface area contributed by atoms with E-state index in [1.54, 1.807) is 10.9 Å². The Labute approximate surface area is 82.4 Å². The first-order valence-corrected chi connectivity index (χ1v) is 4.45. The molecule has 2 rings (SSSR count). The fourth-order valence-corrected chi connectivity index (χ4v) is 1.29. The van der Waals surface area contributed by atoms with Crippen LogP contribution in [0.3, 0.4) is 0 Å². The Morgan fingerprint density at radius 2 is 2.29 bits per heavy atom. The molecule has 1 heterocycles. The molecule has 2 N–H and O–H groups in total. The van der Waals surface area contributed by atoms with E-state index >= 15 is 0 Å². The summed E-state index contributed by atoms with van der Waals surface area (Å²) in [5, 5.41) is 7.63. The highest BCUT2D eigenvalue weighted by atomic mass is 15.4. The van der Waals surface area contributed by atoms with E-state index in [4.69, 9.17) is 5.73 Å². The van der Waals surface area contributed by atoms with Crippen LogP contribution >= 0.6 is 0 Å². The monoisotopic (exact) mass is 188 g/mol. The van der Waals surface area contributed by atoms with Gasteiger partial charge in [-0.1, -0.05) is 17.3 Å². The fourth-order valence-electron chi connectivity index (χ4n) is 1.29. The first-order chi connectivity index (χ1) is 6.75. The Kier molecular flexibility index (Phi) is 2.18. The van der Waals surface area contributed by atoms with E-state index in [0.29, 0.717) is 6.54 Å². The van der Waals surface area contributed by atoms with Gasteiger partial charge in [0.25, 0.3) is 0 Å². The molecule has 0 unspecified atom stereocenters. The van der Waals surface area contributed by atoms with E-state index in [2.05, 4.69) is 10.3 Å². The lowest BCUT2D eigenvalue weighted by atomic mass is 10.1. The average Bonchev–Trinajstić information content (AvgIpc) is 2.64. The van der Waals surface area contributed by atoms with Crippen LogP contribution in [-0.2, 0) is 6.54 Å². The Bertz CT molecular complexity index is 420. The lowest BCUT2D eigenvalue weighted by Gasteiger charge is -2.04. The predicted octanol–water partition coefficient (Wildman–Crippen LogP) is 1.22. The van der Waals surface area contributed by atoms with Crippen LogP contribution in [0.1, 0.15) is 11.1 Å². The highest BCUT2D eigenvalue weighted by molar-refractivity contribution is 5.48. The number of nitrogens with two attached hydrogens (primary N) is 1. The van der Waals surface area contributed by atoms with Crippen molar-refractivity contribution in [2.24, 2.45) is 0 Å². The summed E-state index contributed by atoms with van der Waals surface area (Å²) in [7, 11) is 0. The summed E-state index contributed by atoms with van der Waals surface area (Å²) in [6.07, 6.45) is 3.49. The van der Waals surface area contributed by atoms with Crippen LogP contribution in [-0.4, -0.2) is 15.0 Å². The number of benzene rings is 1. The minimum atomic E-state index is 0.713. The summed E-state index contributed by atoms with van der Waals surface area (Å²) >= 11 is 0. The molecule has 0 aliphatic heterocycles. The van der Waals surface area contributed by atoms with Gasteiger partial charge in [-0.3, -0.25) is 0 Å². The van der Waals surface area contributed by atoms with Crippen molar-refractivity contribution in [1.29, 1.82) is 0 Å². The van der Waals surface area contributed by atoms with Crippen LogP contribution in [0.25, 0.3) is 0 Å². The van der Waals surface area contributed by atoms with Gasteiger partial charge in [0.05, 0.1) is 12.7 Å². The Hall–Kier alpha value is -1.84. The van der Waals surface area contributed by atoms with Crippen molar-refractivity contribution in [3.05, 3.63) is 41.7 Å². The van der Waals surface area contributed by atoms with Crippen LogP contribution in [0, 0.1) is 6.92 Å². The molecule has 4 heteroatoms. The zero-order valence-corrected chi connectivity index (χ0v) is 8.01.